The number of thioether (sulfide) groups is 1. The van der Waals surface area contributed by atoms with E-state index in [1.807, 2.05) is 18.2 Å². The molecule has 2 aromatic carbocycles. The largest absolute Gasteiger partial charge is 0.455 e. The summed E-state index contributed by atoms with van der Waals surface area (Å²) in [7, 11) is 0. The maximum Gasteiger partial charge on any atom is 0.240 e. The normalized spacial score (nSPS) is 17.1. The minimum Gasteiger partial charge on any atom is -0.455 e. The van der Waals surface area contributed by atoms with Crippen LogP contribution in [0, 0.1) is 0 Å². The van der Waals surface area contributed by atoms with E-state index in [1.54, 1.807) is 42.5 Å². The van der Waals surface area contributed by atoms with Gasteiger partial charge in [0.05, 0.1) is 16.3 Å². The molecule has 10 heteroatoms. The van der Waals surface area contributed by atoms with Gasteiger partial charge < -0.3 is 15.1 Å². The number of carbonyl (C=O) groups is 2. The lowest BCUT2D eigenvalue weighted by Gasteiger charge is -2.06. The van der Waals surface area contributed by atoms with E-state index in [1.165, 1.54) is 6.21 Å². The number of amides is 2. The van der Waals surface area contributed by atoms with E-state index >= 15 is 0 Å². The number of carbonyl (C=O) groups excluding carboxylic acids is 2. The number of hydrogen-bond acceptors (Lipinski definition) is 6. The summed E-state index contributed by atoms with van der Waals surface area (Å²) in [5.41, 5.74) is 1.34. The average molecular weight is 487 g/mol. The summed E-state index contributed by atoms with van der Waals surface area (Å²) in [5, 5.41) is 13.9. The Kier molecular flexibility index (Phi) is 6.94. The van der Waals surface area contributed by atoms with Crippen LogP contribution in [-0.2, 0) is 9.59 Å². The van der Waals surface area contributed by atoms with Crippen molar-refractivity contribution in [2.45, 2.75) is 11.7 Å². The fourth-order valence-corrected chi connectivity index (χ4v) is 4.21. The molecule has 0 radical (unpaired) electrons. The molecule has 1 saturated heterocycles. The third-order valence-electron chi connectivity index (χ3n) is 4.38. The smallest absolute Gasteiger partial charge is 0.240 e. The minimum atomic E-state index is -0.576. The van der Waals surface area contributed by atoms with Crippen LogP contribution >= 0.6 is 35.0 Å². The van der Waals surface area contributed by atoms with Gasteiger partial charge >= 0.3 is 0 Å². The number of anilines is 1. The third kappa shape index (κ3) is 5.40. The second kappa shape index (κ2) is 10.0. The summed E-state index contributed by atoms with van der Waals surface area (Å²) in [6, 6.07) is 17.8. The van der Waals surface area contributed by atoms with Crippen LogP contribution in [0.4, 0.5) is 5.69 Å². The molecule has 1 aromatic heterocycles. The van der Waals surface area contributed by atoms with Gasteiger partial charge in [0.1, 0.15) is 16.8 Å². The van der Waals surface area contributed by atoms with E-state index in [0.717, 1.165) is 11.8 Å². The molecule has 2 N–H and O–H groups in total. The van der Waals surface area contributed by atoms with E-state index in [-0.39, 0.29) is 18.2 Å². The lowest BCUT2D eigenvalue weighted by atomic mass is 10.2. The van der Waals surface area contributed by atoms with Gasteiger partial charge in [-0.05, 0) is 36.4 Å². The third-order valence-corrected chi connectivity index (χ3v) is 6.27. The first-order chi connectivity index (χ1) is 15.5. The second-order valence-corrected chi connectivity index (χ2v) is 8.64. The molecule has 4 rings (SSSR count). The van der Waals surface area contributed by atoms with Crippen molar-refractivity contribution < 1.29 is 14.0 Å². The molecule has 2 heterocycles. The van der Waals surface area contributed by atoms with E-state index in [9.17, 15) is 9.59 Å². The molecule has 1 fully saturated rings. The van der Waals surface area contributed by atoms with Gasteiger partial charge in [-0.25, -0.2) is 0 Å². The second-order valence-electron chi connectivity index (χ2n) is 6.67. The van der Waals surface area contributed by atoms with Crippen LogP contribution in [0.5, 0.6) is 0 Å². The van der Waals surface area contributed by atoms with Gasteiger partial charge in [-0.2, -0.15) is 5.10 Å². The molecule has 32 heavy (non-hydrogen) atoms. The first kappa shape index (κ1) is 22.1. The summed E-state index contributed by atoms with van der Waals surface area (Å²) in [4.78, 5) is 24.3. The molecular formula is C22H16Cl2N4O3S. The quantitative estimate of drug-likeness (QED) is 0.369. The Morgan fingerprint density at radius 2 is 1.94 bits per heavy atom. The van der Waals surface area contributed by atoms with E-state index in [0.29, 0.717) is 38.0 Å². The Morgan fingerprint density at radius 3 is 2.75 bits per heavy atom. The number of rotatable bonds is 6. The van der Waals surface area contributed by atoms with Crippen molar-refractivity contribution in [3.63, 3.8) is 0 Å². The monoisotopic (exact) mass is 486 g/mol. The van der Waals surface area contributed by atoms with Crippen LogP contribution in [0.1, 0.15) is 12.2 Å². The van der Waals surface area contributed by atoms with Gasteiger partial charge in [-0.3, -0.25) is 9.59 Å². The average Bonchev–Trinajstić information content (AvgIpc) is 3.37. The predicted octanol–water partition coefficient (Wildman–Crippen LogP) is 5.20. The van der Waals surface area contributed by atoms with Crippen molar-refractivity contribution in [3.05, 3.63) is 76.5 Å². The Labute approximate surface area is 197 Å². The lowest BCUT2D eigenvalue weighted by molar-refractivity contribution is -0.122. The molecular weight excluding hydrogens is 471 g/mol. The van der Waals surface area contributed by atoms with Crippen molar-refractivity contribution in [1.29, 1.82) is 0 Å². The summed E-state index contributed by atoms with van der Waals surface area (Å²) in [5.74, 6) is 0.451. The molecule has 0 saturated carbocycles. The highest BCUT2D eigenvalue weighted by Crippen LogP contribution is 2.34. The van der Waals surface area contributed by atoms with E-state index < -0.39 is 5.25 Å². The fraction of sp³-hybridized carbons (Fsp3) is 0.0909. The van der Waals surface area contributed by atoms with Gasteiger partial charge in [-0.15, -0.1) is 5.10 Å². The fourth-order valence-electron chi connectivity index (χ4n) is 2.89. The van der Waals surface area contributed by atoms with Crippen LogP contribution in [0.25, 0.3) is 11.3 Å². The molecule has 7 nitrogen and oxygen atoms in total. The van der Waals surface area contributed by atoms with Gasteiger partial charge in [0.2, 0.25) is 11.8 Å². The van der Waals surface area contributed by atoms with Crippen molar-refractivity contribution in [1.82, 2.24) is 5.32 Å². The highest BCUT2D eigenvalue weighted by atomic mass is 35.5. The predicted molar refractivity (Wildman–Crippen MR) is 128 cm³/mol. The number of halogens is 2. The number of nitrogens with one attached hydrogen (secondary N) is 2. The molecule has 1 aliphatic heterocycles. The van der Waals surface area contributed by atoms with E-state index in [4.69, 9.17) is 27.6 Å². The number of benzene rings is 2. The van der Waals surface area contributed by atoms with Gasteiger partial charge in [0, 0.05) is 17.7 Å². The van der Waals surface area contributed by atoms with E-state index in [2.05, 4.69) is 20.8 Å². The zero-order valence-electron chi connectivity index (χ0n) is 16.4. The van der Waals surface area contributed by atoms with Gasteiger partial charge in [0.25, 0.3) is 0 Å². The summed E-state index contributed by atoms with van der Waals surface area (Å²) >= 11 is 13.4. The van der Waals surface area contributed by atoms with Crippen molar-refractivity contribution in [3.8, 4) is 11.3 Å². The summed E-state index contributed by atoms with van der Waals surface area (Å²) in [6.07, 6.45) is 1.44. The standard InChI is InChI=1S/C22H16Cl2N4O3S/c23-16-8-4-7-15(20(16)24)17-10-9-14(31-17)12-25-28-22-27-21(30)18(32-22)11-19(29)26-13-5-2-1-3-6-13/h1-10,12,18H,11H2,(H,26,29)(H,27,28,30)/b25-12-/t18-/m1/s1. The topological polar surface area (TPSA) is 96.1 Å². The number of nitrogens with zero attached hydrogens (tertiary/aromatic N) is 2. The molecule has 0 aliphatic carbocycles. The van der Waals surface area contributed by atoms with Crippen molar-refractivity contribution in [2.75, 3.05) is 5.32 Å². The molecule has 0 unspecified atom stereocenters. The Hall–Kier alpha value is -3.07. The zero-order valence-corrected chi connectivity index (χ0v) is 18.7. The first-order valence-electron chi connectivity index (χ1n) is 9.47. The number of para-hydroxylation sites is 1. The highest BCUT2D eigenvalue weighted by Gasteiger charge is 2.32. The number of amidine groups is 1. The first-order valence-corrected chi connectivity index (χ1v) is 11.1. The SMILES string of the molecule is O=C(C[C@H]1S/C(=N\N=C/c2ccc(-c3cccc(Cl)c3Cl)o2)NC1=O)Nc1ccccc1. The molecule has 1 atom stereocenters. The van der Waals surface area contributed by atoms with Gasteiger partial charge in [0.15, 0.2) is 5.17 Å². The minimum absolute atomic E-state index is 0.0239. The van der Waals surface area contributed by atoms with Crippen LogP contribution in [0.3, 0.4) is 0 Å². The molecule has 0 bridgehead atoms. The molecule has 2 amide bonds. The van der Waals surface area contributed by atoms with Crippen LogP contribution in [-0.4, -0.2) is 28.4 Å². The van der Waals surface area contributed by atoms with Crippen molar-refractivity contribution in [2.24, 2.45) is 10.2 Å². The van der Waals surface area contributed by atoms with Crippen LogP contribution in [0.2, 0.25) is 10.0 Å². The summed E-state index contributed by atoms with van der Waals surface area (Å²) < 4.78 is 5.71. The Balaban J connectivity index is 1.35. The molecule has 0 spiro atoms. The molecule has 1 aliphatic rings. The van der Waals surface area contributed by atoms with Crippen LogP contribution in [0.15, 0.2) is 75.3 Å². The molecule has 3 aromatic rings. The number of furan rings is 1. The number of hydrogen-bond donors (Lipinski definition) is 2. The Bertz CT molecular complexity index is 1210. The van der Waals surface area contributed by atoms with Gasteiger partial charge in [-0.1, -0.05) is 59.2 Å². The zero-order chi connectivity index (χ0) is 22.5. The van der Waals surface area contributed by atoms with Crippen molar-refractivity contribution >= 4 is 63.8 Å². The summed E-state index contributed by atoms with van der Waals surface area (Å²) in [6.45, 7) is 0. The molecule has 162 valence electrons. The maximum absolute atomic E-state index is 12.2. The lowest BCUT2D eigenvalue weighted by Crippen LogP contribution is -2.28. The van der Waals surface area contributed by atoms with Crippen LogP contribution < -0.4 is 10.6 Å². The Morgan fingerprint density at radius 1 is 1.12 bits per heavy atom. The highest BCUT2D eigenvalue weighted by molar-refractivity contribution is 8.15. The maximum atomic E-state index is 12.2.